The summed E-state index contributed by atoms with van der Waals surface area (Å²) in [5, 5.41) is 9.96. The molecule has 1 aliphatic heterocycles. The van der Waals surface area contributed by atoms with Gasteiger partial charge in [-0.25, -0.2) is 4.98 Å². The monoisotopic (exact) mass is 400 g/mol. The van der Waals surface area contributed by atoms with Crippen LogP contribution in [0.5, 0.6) is 0 Å². The van der Waals surface area contributed by atoms with E-state index in [0.717, 1.165) is 19.3 Å². The van der Waals surface area contributed by atoms with Crippen molar-refractivity contribution in [1.29, 1.82) is 5.26 Å². The number of unbranched alkanes of at least 4 members (excludes halogenated alkanes) is 2. The lowest BCUT2D eigenvalue weighted by atomic mass is 10.1. The van der Waals surface area contributed by atoms with Gasteiger partial charge in [-0.15, -0.1) is 0 Å². The number of thioether (sulfide) groups is 1. The summed E-state index contributed by atoms with van der Waals surface area (Å²) in [6, 6.07) is 7.15. The average molecular weight is 401 g/mol. The summed E-state index contributed by atoms with van der Waals surface area (Å²) in [6.07, 6.45) is 2.97. The molecule has 148 valence electrons. The number of hydrogen-bond donors (Lipinski definition) is 0. The topological polar surface area (TPSA) is 88.2 Å². The molecule has 1 amide bonds. The van der Waals surface area contributed by atoms with E-state index < -0.39 is 0 Å². The minimum absolute atomic E-state index is 0.0784. The Morgan fingerprint density at radius 3 is 2.82 bits per heavy atom. The maximum absolute atomic E-state index is 13.0. The van der Waals surface area contributed by atoms with Crippen LogP contribution in [0.4, 0.5) is 0 Å². The third-order valence-electron chi connectivity index (χ3n) is 4.72. The maximum Gasteiger partial charge on any atom is 0.262 e. The molecule has 0 unspecified atom stereocenters. The number of carbonyl (C=O) groups excluding carboxylic acids is 1. The average Bonchev–Trinajstić information content (AvgIpc) is 2.73. The minimum Gasteiger partial charge on any atom is -0.378 e. The van der Waals surface area contributed by atoms with Crippen LogP contribution in [0, 0.1) is 11.3 Å². The van der Waals surface area contributed by atoms with Crippen molar-refractivity contribution in [3.05, 3.63) is 34.1 Å². The molecule has 0 radical (unpaired) electrons. The Hall–Kier alpha value is -2.37. The smallest absolute Gasteiger partial charge is 0.262 e. The summed E-state index contributed by atoms with van der Waals surface area (Å²) in [7, 11) is 0. The highest BCUT2D eigenvalue weighted by atomic mass is 32.2. The van der Waals surface area contributed by atoms with Gasteiger partial charge in [0.25, 0.3) is 11.5 Å². The van der Waals surface area contributed by atoms with Crippen molar-refractivity contribution in [3.63, 3.8) is 0 Å². The standard InChI is InChI=1S/C20H24N4O3S/c1-2-3-4-8-24-19(26)16-6-5-15(18(25)23-9-11-27-12-10-23)14-17(16)22-20(24)28-13-7-21/h5-6,14H,2-4,8-13H2,1H3. The number of nitriles is 1. The summed E-state index contributed by atoms with van der Waals surface area (Å²) in [4.78, 5) is 32.1. The molecule has 1 aliphatic rings. The van der Waals surface area contributed by atoms with Gasteiger partial charge < -0.3 is 9.64 Å². The fraction of sp³-hybridized carbons (Fsp3) is 0.500. The van der Waals surface area contributed by atoms with Crippen molar-refractivity contribution < 1.29 is 9.53 Å². The molecule has 3 rings (SSSR count). The van der Waals surface area contributed by atoms with Gasteiger partial charge in [0.05, 0.1) is 35.9 Å². The Morgan fingerprint density at radius 1 is 1.32 bits per heavy atom. The fourth-order valence-electron chi connectivity index (χ4n) is 3.21. The summed E-state index contributed by atoms with van der Waals surface area (Å²) in [5.74, 6) is 0.142. The van der Waals surface area contributed by atoms with Gasteiger partial charge in [-0.3, -0.25) is 14.2 Å². The molecule has 0 bridgehead atoms. The highest BCUT2D eigenvalue weighted by molar-refractivity contribution is 7.99. The third kappa shape index (κ3) is 4.54. The Morgan fingerprint density at radius 2 is 2.11 bits per heavy atom. The summed E-state index contributed by atoms with van der Waals surface area (Å²) in [6.45, 7) is 4.89. The normalized spacial score (nSPS) is 14.2. The van der Waals surface area contributed by atoms with E-state index >= 15 is 0 Å². The molecule has 0 spiro atoms. The van der Waals surface area contributed by atoms with E-state index in [1.165, 1.54) is 11.8 Å². The molecular weight excluding hydrogens is 376 g/mol. The van der Waals surface area contributed by atoms with Crippen LogP contribution in [-0.2, 0) is 11.3 Å². The first-order valence-corrected chi connectivity index (χ1v) is 10.6. The number of benzene rings is 1. The zero-order valence-corrected chi connectivity index (χ0v) is 16.8. The molecular formula is C20H24N4O3S. The van der Waals surface area contributed by atoms with Crippen LogP contribution in [0.2, 0.25) is 0 Å². The van der Waals surface area contributed by atoms with Gasteiger partial charge in [0.2, 0.25) is 0 Å². The number of amides is 1. The van der Waals surface area contributed by atoms with Crippen molar-refractivity contribution in [1.82, 2.24) is 14.5 Å². The van der Waals surface area contributed by atoms with Crippen LogP contribution in [0.1, 0.15) is 36.5 Å². The molecule has 1 saturated heterocycles. The lowest BCUT2D eigenvalue weighted by Crippen LogP contribution is -2.40. The zero-order chi connectivity index (χ0) is 19.9. The first-order chi connectivity index (χ1) is 13.7. The van der Waals surface area contributed by atoms with Crippen molar-refractivity contribution in [2.75, 3.05) is 32.1 Å². The predicted octanol–water partition coefficient (Wildman–Crippen LogP) is 2.67. The van der Waals surface area contributed by atoms with Crippen LogP contribution in [-0.4, -0.2) is 52.4 Å². The van der Waals surface area contributed by atoms with Crippen LogP contribution in [0.15, 0.2) is 28.2 Å². The molecule has 1 fully saturated rings. The van der Waals surface area contributed by atoms with Crippen molar-refractivity contribution in [2.24, 2.45) is 0 Å². The highest BCUT2D eigenvalue weighted by Crippen LogP contribution is 2.20. The SMILES string of the molecule is CCCCCn1c(SCC#N)nc2cc(C(=O)N3CCOCC3)ccc2c1=O. The molecule has 0 saturated carbocycles. The largest absolute Gasteiger partial charge is 0.378 e. The van der Waals surface area contributed by atoms with E-state index in [0.29, 0.717) is 54.5 Å². The van der Waals surface area contributed by atoms with Gasteiger partial charge in [-0.2, -0.15) is 5.26 Å². The zero-order valence-electron chi connectivity index (χ0n) is 16.0. The molecule has 1 aromatic carbocycles. The summed E-state index contributed by atoms with van der Waals surface area (Å²) in [5.41, 5.74) is 0.893. The van der Waals surface area contributed by atoms with E-state index in [1.807, 2.05) is 0 Å². The van der Waals surface area contributed by atoms with E-state index in [2.05, 4.69) is 18.0 Å². The molecule has 2 heterocycles. The number of fused-ring (bicyclic) bond motifs is 1. The number of rotatable bonds is 7. The van der Waals surface area contributed by atoms with Crippen molar-refractivity contribution >= 4 is 28.6 Å². The highest BCUT2D eigenvalue weighted by Gasteiger charge is 2.20. The molecule has 1 aromatic heterocycles. The number of carbonyl (C=O) groups is 1. The van der Waals surface area contributed by atoms with Crippen molar-refractivity contribution in [2.45, 2.75) is 37.9 Å². The van der Waals surface area contributed by atoms with E-state index in [4.69, 9.17) is 10.00 Å². The summed E-state index contributed by atoms with van der Waals surface area (Å²) >= 11 is 1.26. The molecule has 0 N–H and O–H groups in total. The Kier molecular flexibility index (Phi) is 7.06. The molecule has 7 nitrogen and oxygen atoms in total. The van der Waals surface area contributed by atoms with Crippen LogP contribution in [0.3, 0.4) is 0 Å². The Labute approximate surface area is 168 Å². The third-order valence-corrected chi connectivity index (χ3v) is 5.56. The lowest BCUT2D eigenvalue weighted by molar-refractivity contribution is 0.0303. The molecule has 2 aromatic rings. The van der Waals surface area contributed by atoms with Gasteiger partial charge in [-0.1, -0.05) is 31.5 Å². The molecule has 8 heteroatoms. The minimum atomic E-state index is -0.119. The van der Waals surface area contributed by atoms with Gasteiger partial charge in [0.1, 0.15) is 0 Å². The van der Waals surface area contributed by atoms with Gasteiger partial charge >= 0.3 is 0 Å². The molecule has 0 aliphatic carbocycles. The first-order valence-electron chi connectivity index (χ1n) is 9.57. The molecule has 0 atom stereocenters. The number of hydrogen-bond acceptors (Lipinski definition) is 6. The number of aromatic nitrogens is 2. The number of ether oxygens (including phenoxy) is 1. The second-order valence-corrected chi connectivity index (χ2v) is 7.58. The molecule has 28 heavy (non-hydrogen) atoms. The first kappa shape index (κ1) is 20.4. The number of nitrogens with zero attached hydrogens (tertiary/aromatic N) is 4. The lowest BCUT2D eigenvalue weighted by Gasteiger charge is -2.26. The quantitative estimate of drug-likeness (QED) is 0.403. The van der Waals surface area contributed by atoms with Gasteiger partial charge in [0.15, 0.2) is 5.16 Å². The van der Waals surface area contributed by atoms with E-state index in [-0.39, 0.29) is 17.2 Å². The second kappa shape index (κ2) is 9.71. The van der Waals surface area contributed by atoms with Crippen LogP contribution in [0.25, 0.3) is 10.9 Å². The fourth-order valence-corrected chi connectivity index (χ4v) is 3.89. The maximum atomic E-state index is 13.0. The summed E-state index contributed by atoms with van der Waals surface area (Å²) < 4.78 is 6.96. The van der Waals surface area contributed by atoms with Crippen LogP contribution < -0.4 is 5.56 Å². The van der Waals surface area contributed by atoms with Gasteiger partial charge in [-0.05, 0) is 24.6 Å². The Bertz CT molecular complexity index is 945. The second-order valence-electron chi connectivity index (χ2n) is 6.64. The number of morpholine rings is 1. The predicted molar refractivity (Wildman–Crippen MR) is 109 cm³/mol. The Balaban J connectivity index is 1.97. The van der Waals surface area contributed by atoms with E-state index in [9.17, 15) is 9.59 Å². The van der Waals surface area contributed by atoms with Gasteiger partial charge in [0, 0.05) is 25.2 Å². The van der Waals surface area contributed by atoms with E-state index in [1.54, 1.807) is 27.7 Å². The van der Waals surface area contributed by atoms with Crippen molar-refractivity contribution in [3.8, 4) is 6.07 Å². The van der Waals surface area contributed by atoms with Crippen LogP contribution >= 0.6 is 11.8 Å².